The van der Waals surface area contributed by atoms with E-state index in [1.807, 2.05) is 0 Å². The van der Waals surface area contributed by atoms with Crippen LogP contribution in [0.5, 0.6) is 0 Å². The van der Waals surface area contributed by atoms with E-state index in [9.17, 15) is 13.2 Å². The highest BCUT2D eigenvalue weighted by Gasteiger charge is 2.25. The predicted molar refractivity (Wildman–Crippen MR) is 114 cm³/mol. The number of carbonyl (C=O) groups is 1. The zero-order valence-corrected chi connectivity index (χ0v) is 17.9. The lowest BCUT2D eigenvalue weighted by Crippen LogP contribution is -2.31. The second-order valence-electron chi connectivity index (χ2n) is 6.94. The fourth-order valence-corrected chi connectivity index (χ4v) is 5.38. The number of aromatic nitrogens is 4. The molecule has 1 aliphatic heterocycles. The van der Waals surface area contributed by atoms with Gasteiger partial charge in [-0.2, -0.15) is 9.29 Å². The number of fused-ring (bicyclic) bond motifs is 1. The number of thioether (sulfide) groups is 1. The Morgan fingerprint density at radius 1 is 1.10 bits per heavy atom. The van der Waals surface area contributed by atoms with E-state index < -0.39 is 10.0 Å². The molecule has 0 bridgehead atoms. The van der Waals surface area contributed by atoms with Gasteiger partial charge in [-0.1, -0.05) is 24.6 Å². The lowest BCUT2D eigenvalue weighted by Gasteiger charge is -2.20. The molecule has 9 nitrogen and oxygen atoms in total. The number of sulfonamides is 1. The van der Waals surface area contributed by atoms with Crippen LogP contribution in [0.4, 0.5) is 5.69 Å². The minimum absolute atomic E-state index is 0.130. The molecule has 0 unspecified atom stereocenters. The van der Waals surface area contributed by atoms with Crippen molar-refractivity contribution in [2.24, 2.45) is 0 Å². The zero-order chi connectivity index (χ0) is 21.0. The topological polar surface area (TPSA) is 110 Å². The van der Waals surface area contributed by atoms with Crippen molar-refractivity contribution in [1.82, 2.24) is 23.9 Å². The zero-order valence-electron chi connectivity index (χ0n) is 16.3. The molecular weight excluding hydrogens is 424 g/mol. The third-order valence-electron chi connectivity index (χ3n) is 4.77. The van der Waals surface area contributed by atoms with Gasteiger partial charge in [0.05, 0.1) is 10.6 Å². The summed E-state index contributed by atoms with van der Waals surface area (Å²) in [6, 6.07) is 8.05. The summed E-state index contributed by atoms with van der Waals surface area (Å²) in [6.45, 7) is 1.12. The molecule has 1 N–H and O–H groups in total. The summed E-state index contributed by atoms with van der Waals surface area (Å²) in [4.78, 5) is 20.8. The first-order valence-electron chi connectivity index (χ1n) is 9.73. The van der Waals surface area contributed by atoms with Crippen molar-refractivity contribution in [3.8, 4) is 0 Å². The van der Waals surface area contributed by atoms with Crippen LogP contribution in [0.2, 0.25) is 0 Å². The molecule has 0 radical (unpaired) electrons. The Morgan fingerprint density at radius 3 is 2.53 bits per heavy atom. The van der Waals surface area contributed by atoms with Gasteiger partial charge in [-0.25, -0.2) is 17.9 Å². The van der Waals surface area contributed by atoms with Crippen LogP contribution >= 0.6 is 11.8 Å². The molecule has 0 spiro atoms. The fraction of sp³-hybridized carbons (Fsp3) is 0.368. The standard InChI is InChI=1S/C19H22N6O3S2/c26-17(14-29-19-22-18-20-10-5-13-25(18)23-19)21-15-6-8-16(9-7-15)30(27,28)24-11-3-1-2-4-12-24/h5-10,13H,1-4,11-12,14H2,(H,21,26). The van der Waals surface area contributed by atoms with Crippen LogP contribution in [-0.2, 0) is 14.8 Å². The highest BCUT2D eigenvalue weighted by molar-refractivity contribution is 7.99. The summed E-state index contributed by atoms with van der Waals surface area (Å²) in [5.74, 6) is 0.376. The van der Waals surface area contributed by atoms with Gasteiger partial charge < -0.3 is 5.32 Å². The first-order valence-corrected chi connectivity index (χ1v) is 12.2. The molecule has 0 aliphatic carbocycles. The maximum absolute atomic E-state index is 12.8. The summed E-state index contributed by atoms with van der Waals surface area (Å²) in [7, 11) is -3.50. The number of rotatable bonds is 6. The third-order valence-corrected chi connectivity index (χ3v) is 7.52. The number of anilines is 1. The first kappa shape index (κ1) is 20.8. The molecule has 1 saturated heterocycles. The minimum Gasteiger partial charge on any atom is -0.325 e. The van der Waals surface area contributed by atoms with Gasteiger partial charge in [0.15, 0.2) is 0 Å². The molecule has 3 aromatic rings. The highest BCUT2D eigenvalue weighted by Crippen LogP contribution is 2.22. The molecule has 11 heteroatoms. The van der Waals surface area contributed by atoms with E-state index in [0.717, 1.165) is 25.7 Å². The van der Waals surface area contributed by atoms with E-state index in [2.05, 4.69) is 20.4 Å². The second-order valence-corrected chi connectivity index (χ2v) is 9.82. The van der Waals surface area contributed by atoms with Crippen molar-refractivity contribution in [2.45, 2.75) is 35.7 Å². The van der Waals surface area contributed by atoms with Gasteiger partial charge in [0.25, 0.3) is 5.78 Å². The van der Waals surface area contributed by atoms with Gasteiger partial charge in [0.1, 0.15) is 0 Å². The molecule has 3 heterocycles. The summed E-state index contributed by atoms with van der Waals surface area (Å²) in [5.41, 5.74) is 0.542. The molecule has 2 aromatic heterocycles. The SMILES string of the molecule is O=C(CSc1nc2ncccn2n1)Nc1ccc(S(=O)(=O)N2CCCCCC2)cc1. The Hall–Kier alpha value is -2.50. The van der Waals surface area contributed by atoms with Crippen LogP contribution in [0.15, 0.2) is 52.8 Å². The Kier molecular flexibility index (Phi) is 6.30. The van der Waals surface area contributed by atoms with E-state index in [1.165, 1.54) is 23.9 Å². The number of nitrogens with one attached hydrogen (secondary N) is 1. The van der Waals surface area contributed by atoms with Gasteiger partial charge in [0.2, 0.25) is 21.1 Å². The average Bonchev–Trinajstić information content (AvgIpc) is 2.95. The Labute approximate surface area is 179 Å². The average molecular weight is 447 g/mol. The van der Waals surface area contributed by atoms with E-state index in [-0.39, 0.29) is 16.6 Å². The van der Waals surface area contributed by atoms with E-state index in [1.54, 1.807) is 39.4 Å². The van der Waals surface area contributed by atoms with Crippen molar-refractivity contribution >= 4 is 39.2 Å². The largest absolute Gasteiger partial charge is 0.325 e. The predicted octanol–water partition coefficient (Wildman–Crippen LogP) is 2.42. The van der Waals surface area contributed by atoms with Crippen molar-refractivity contribution in [2.75, 3.05) is 24.2 Å². The number of benzene rings is 1. The van der Waals surface area contributed by atoms with Gasteiger partial charge in [-0.3, -0.25) is 4.79 Å². The van der Waals surface area contributed by atoms with Crippen LogP contribution in [0, 0.1) is 0 Å². The lowest BCUT2D eigenvalue weighted by atomic mass is 10.2. The lowest BCUT2D eigenvalue weighted by molar-refractivity contribution is -0.113. The van der Waals surface area contributed by atoms with Gasteiger partial charge in [-0.15, -0.1) is 5.10 Å². The number of hydrogen-bond acceptors (Lipinski definition) is 7. The molecule has 0 saturated carbocycles. The summed E-state index contributed by atoms with van der Waals surface area (Å²) >= 11 is 1.20. The van der Waals surface area contributed by atoms with Crippen molar-refractivity contribution in [1.29, 1.82) is 0 Å². The third kappa shape index (κ3) is 4.79. The number of carbonyl (C=O) groups excluding carboxylic acids is 1. The van der Waals surface area contributed by atoms with Gasteiger partial charge in [-0.05, 0) is 43.2 Å². The molecule has 0 atom stereocenters. The van der Waals surface area contributed by atoms with Crippen LogP contribution in [-0.4, -0.2) is 57.1 Å². The number of hydrogen-bond donors (Lipinski definition) is 1. The molecule has 4 rings (SSSR count). The Morgan fingerprint density at radius 2 is 1.83 bits per heavy atom. The van der Waals surface area contributed by atoms with E-state index in [4.69, 9.17) is 0 Å². The van der Waals surface area contributed by atoms with Crippen LogP contribution in [0.25, 0.3) is 5.78 Å². The molecule has 1 aromatic carbocycles. The quantitative estimate of drug-likeness (QED) is 0.579. The summed E-state index contributed by atoms with van der Waals surface area (Å²) in [6.07, 6.45) is 7.28. The molecule has 1 aliphatic rings. The molecule has 158 valence electrons. The van der Waals surface area contributed by atoms with Gasteiger partial charge in [0, 0.05) is 31.2 Å². The molecule has 1 fully saturated rings. The highest BCUT2D eigenvalue weighted by atomic mass is 32.2. The minimum atomic E-state index is -3.50. The van der Waals surface area contributed by atoms with Crippen LogP contribution in [0.1, 0.15) is 25.7 Å². The monoisotopic (exact) mass is 446 g/mol. The maximum atomic E-state index is 12.8. The summed E-state index contributed by atoms with van der Waals surface area (Å²) in [5, 5.41) is 7.46. The van der Waals surface area contributed by atoms with E-state index >= 15 is 0 Å². The Balaban J connectivity index is 1.35. The number of nitrogens with zero attached hydrogens (tertiary/aromatic N) is 5. The van der Waals surface area contributed by atoms with Crippen molar-refractivity contribution < 1.29 is 13.2 Å². The fourth-order valence-electron chi connectivity index (χ4n) is 3.24. The van der Waals surface area contributed by atoms with Crippen molar-refractivity contribution in [3.63, 3.8) is 0 Å². The van der Waals surface area contributed by atoms with E-state index in [0.29, 0.717) is 29.7 Å². The maximum Gasteiger partial charge on any atom is 0.253 e. The molecular formula is C19H22N6O3S2. The van der Waals surface area contributed by atoms with Crippen LogP contribution in [0.3, 0.4) is 0 Å². The normalized spacial score (nSPS) is 15.7. The molecule has 30 heavy (non-hydrogen) atoms. The number of amides is 1. The van der Waals surface area contributed by atoms with Gasteiger partial charge >= 0.3 is 0 Å². The smallest absolute Gasteiger partial charge is 0.253 e. The Bertz CT molecular complexity index is 1090. The van der Waals surface area contributed by atoms with Crippen LogP contribution < -0.4 is 5.32 Å². The first-order chi connectivity index (χ1) is 14.5. The van der Waals surface area contributed by atoms with Crippen molar-refractivity contribution in [3.05, 3.63) is 42.7 Å². The second kappa shape index (κ2) is 9.11. The molecule has 1 amide bonds. The summed E-state index contributed by atoms with van der Waals surface area (Å²) < 4.78 is 28.7.